The standard InChI is InChI=1S/C11H16F3N3S.ClH/c1-15-5-8-3-2-4-17(8)7-10-16-6-9(18-10)11(12,13)14;/h6,8,15H,2-5,7H2,1H3;1H. The maximum atomic E-state index is 12.5. The molecule has 1 aromatic rings. The summed E-state index contributed by atoms with van der Waals surface area (Å²) in [6.45, 7) is 2.33. The normalized spacial score (nSPS) is 20.5. The van der Waals surface area contributed by atoms with Gasteiger partial charge in [-0.25, -0.2) is 4.98 Å². The van der Waals surface area contributed by atoms with Crippen molar-refractivity contribution in [3.8, 4) is 0 Å². The molecule has 1 fully saturated rings. The Bertz CT molecular complexity index is 397. The van der Waals surface area contributed by atoms with E-state index in [1.807, 2.05) is 7.05 Å². The Labute approximate surface area is 120 Å². The fraction of sp³-hybridized carbons (Fsp3) is 0.727. The first-order valence-corrected chi connectivity index (χ1v) is 6.73. The van der Waals surface area contributed by atoms with E-state index in [-0.39, 0.29) is 12.4 Å². The van der Waals surface area contributed by atoms with Gasteiger partial charge in [-0.3, -0.25) is 4.90 Å². The molecule has 1 atom stereocenters. The van der Waals surface area contributed by atoms with Crippen molar-refractivity contribution in [3.63, 3.8) is 0 Å². The summed E-state index contributed by atoms with van der Waals surface area (Å²) < 4.78 is 37.4. The molecule has 8 heteroatoms. The predicted molar refractivity (Wildman–Crippen MR) is 71.7 cm³/mol. The molecule has 0 aromatic carbocycles. The second kappa shape index (κ2) is 6.88. The first kappa shape index (κ1) is 16.7. The Balaban J connectivity index is 0.00000180. The summed E-state index contributed by atoms with van der Waals surface area (Å²) in [5.74, 6) is 0. The van der Waals surface area contributed by atoms with Crippen LogP contribution in [0.1, 0.15) is 22.7 Å². The van der Waals surface area contributed by atoms with Gasteiger partial charge in [0.05, 0.1) is 12.7 Å². The third kappa shape index (κ3) is 4.30. The van der Waals surface area contributed by atoms with Crippen LogP contribution in [0.2, 0.25) is 0 Å². The minimum Gasteiger partial charge on any atom is -0.318 e. The number of hydrogen-bond acceptors (Lipinski definition) is 4. The number of nitrogens with zero attached hydrogens (tertiary/aromatic N) is 2. The fourth-order valence-corrected chi connectivity index (χ4v) is 3.07. The summed E-state index contributed by atoms with van der Waals surface area (Å²) in [5.41, 5.74) is 0. The molecular formula is C11H17ClF3N3S. The number of thiazole rings is 1. The van der Waals surface area contributed by atoms with Crippen LogP contribution >= 0.6 is 23.7 Å². The van der Waals surface area contributed by atoms with E-state index in [0.717, 1.165) is 43.5 Å². The van der Waals surface area contributed by atoms with Crippen molar-refractivity contribution in [2.24, 2.45) is 0 Å². The molecule has 2 heterocycles. The van der Waals surface area contributed by atoms with Crippen molar-refractivity contribution in [1.29, 1.82) is 0 Å². The molecule has 1 aliphatic rings. The van der Waals surface area contributed by atoms with E-state index in [1.165, 1.54) is 0 Å². The van der Waals surface area contributed by atoms with Gasteiger partial charge in [-0.15, -0.1) is 23.7 Å². The molecule has 0 amide bonds. The highest BCUT2D eigenvalue weighted by Crippen LogP contribution is 2.34. The van der Waals surface area contributed by atoms with Crippen molar-refractivity contribution in [2.45, 2.75) is 31.6 Å². The quantitative estimate of drug-likeness (QED) is 0.926. The summed E-state index contributed by atoms with van der Waals surface area (Å²) in [5, 5.41) is 3.66. The number of likely N-dealkylation sites (N-methyl/N-ethyl adjacent to an activating group) is 1. The third-order valence-corrected chi connectivity index (χ3v) is 4.14. The smallest absolute Gasteiger partial charge is 0.318 e. The zero-order valence-electron chi connectivity index (χ0n) is 10.5. The molecule has 3 nitrogen and oxygen atoms in total. The summed E-state index contributed by atoms with van der Waals surface area (Å²) in [6, 6.07) is 0.410. The average molecular weight is 316 g/mol. The molecular weight excluding hydrogens is 299 g/mol. The van der Waals surface area contributed by atoms with Gasteiger partial charge in [0, 0.05) is 12.6 Å². The van der Waals surface area contributed by atoms with Crippen LogP contribution in [0.4, 0.5) is 13.2 Å². The van der Waals surface area contributed by atoms with Gasteiger partial charge in [0.2, 0.25) is 0 Å². The number of aromatic nitrogens is 1. The Morgan fingerprint density at radius 2 is 2.26 bits per heavy atom. The molecule has 1 unspecified atom stereocenters. The van der Waals surface area contributed by atoms with Gasteiger partial charge in [0.25, 0.3) is 0 Å². The van der Waals surface area contributed by atoms with Gasteiger partial charge in [0.1, 0.15) is 9.88 Å². The van der Waals surface area contributed by atoms with E-state index in [2.05, 4.69) is 15.2 Å². The lowest BCUT2D eigenvalue weighted by Gasteiger charge is -2.22. The van der Waals surface area contributed by atoms with Crippen LogP contribution in [0.5, 0.6) is 0 Å². The molecule has 0 spiro atoms. The number of alkyl halides is 3. The van der Waals surface area contributed by atoms with E-state index in [0.29, 0.717) is 17.6 Å². The minimum atomic E-state index is -4.27. The Morgan fingerprint density at radius 1 is 1.53 bits per heavy atom. The van der Waals surface area contributed by atoms with Gasteiger partial charge in [-0.1, -0.05) is 0 Å². The van der Waals surface area contributed by atoms with Crippen LogP contribution in [0, 0.1) is 0 Å². The van der Waals surface area contributed by atoms with Crippen molar-refractivity contribution >= 4 is 23.7 Å². The van der Waals surface area contributed by atoms with Gasteiger partial charge >= 0.3 is 6.18 Å². The molecule has 1 saturated heterocycles. The van der Waals surface area contributed by atoms with Crippen LogP contribution in [0.3, 0.4) is 0 Å². The molecule has 19 heavy (non-hydrogen) atoms. The van der Waals surface area contributed by atoms with E-state index in [4.69, 9.17) is 0 Å². The maximum absolute atomic E-state index is 12.5. The highest BCUT2D eigenvalue weighted by Gasteiger charge is 2.34. The van der Waals surface area contributed by atoms with Crippen LogP contribution < -0.4 is 5.32 Å². The lowest BCUT2D eigenvalue weighted by Crippen LogP contribution is -2.36. The largest absolute Gasteiger partial charge is 0.427 e. The zero-order chi connectivity index (χ0) is 13.2. The Kier molecular flexibility index (Phi) is 6.04. The number of likely N-dealkylation sites (tertiary alicyclic amines) is 1. The van der Waals surface area contributed by atoms with E-state index >= 15 is 0 Å². The first-order valence-electron chi connectivity index (χ1n) is 5.91. The zero-order valence-corrected chi connectivity index (χ0v) is 12.2. The highest BCUT2D eigenvalue weighted by atomic mass is 35.5. The van der Waals surface area contributed by atoms with Crippen molar-refractivity contribution in [1.82, 2.24) is 15.2 Å². The van der Waals surface area contributed by atoms with Crippen molar-refractivity contribution < 1.29 is 13.2 Å². The molecule has 0 saturated carbocycles. The van der Waals surface area contributed by atoms with Gasteiger partial charge in [-0.2, -0.15) is 13.2 Å². The van der Waals surface area contributed by atoms with Gasteiger partial charge < -0.3 is 5.32 Å². The van der Waals surface area contributed by atoms with Crippen LogP contribution in [0.15, 0.2) is 6.20 Å². The lowest BCUT2D eigenvalue weighted by atomic mass is 10.2. The van der Waals surface area contributed by atoms with Crippen molar-refractivity contribution in [2.75, 3.05) is 20.1 Å². The number of rotatable bonds is 4. The van der Waals surface area contributed by atoms with E-state index in [1.54, 1.807) is 0 Å². The van der Waals surface area contributed by atoms with Crippen LogP contribution in [-0.4, -0.2) is 36.1 Å². The first-order chi connectivity index (χ1) is 8.50. The lowest BCUT2D eigenvalue weighted by molar-refractivity contribution is -0.134. The maximum Gasteiger partial charge on any atom is 0.427 e. The van der Waals surface area contributed by atoms with Crippen LogP contribution in [-0.2, 0) is 12.7 Å². The molecule has 1 N–H and O–H groups in total. The second-order valence-electron chi connectivity index (χ2n) is 4.44. The number of halogens is 4. The summed E-state index contributed by atoms with van der Waals surface area (Å²) in [6.07, 6.45) is -1.14. The predicted octanol–water partition coefficient (Wildman–Crippen LogP) is 2.77. The molecule has 0 radical (unpaired) electrons. The van der Waals surface area contributed by atoms with Gasteiger partial charge in [0.15, 0.2) is 0 Å². The molecule has 1 aromatic heterocycles. The fourth-order valence-electron chi connectivity index (χ4n) is 2.26. The molecule has 2 rings (SSSR count). The number of hydrogen-bond donors (Lipinski definition) is 1. The summed E-state index contributed by atoms with van der Waals surface area (Å²) in [7, 11) is 1.89. The molecule has 110 valence electrons. The SMILES string of the molecule is CNCC1CCCN1Cc1ncc(C(F)(F)F)s1.Cl. The van der Waals surface area contributed by atoms with Gasteiger partial charge in [-0.05, 0) is 26.4 Å². The number of nitrogens with one attached hydrogen (secondary N) is 1. The topological polar surface area (TPSA) is 28.2 Å². The second-order valence-corrected chi connectivity index (χ2v) is 5.56. The average Bonchev–Trinajstić information content (AvgIpc) is 2.89. The summed E-state index contributed by atoms with van der Waals surface area (Å²) in [4.78, 5) is 5.47. The third-order valence-electron chi connectivity index (χ3n) is 3.11. The van der Waals surface area contributed by atoms with E-state index in [9.17, 15) is 13.2 Å². The highest BCUT2D eigenvalue weighted by molar-refractivity contribution is 7.11. The van der Waals surface area contributed by atoms with Crippen LogP contribution in [0.25, 0.3) is 0 Å². The Morgan fingerprint density at radius 3 is 2.84 bits per heavy atom. The summed E-state index contributed by atoms with van der Waals surface area (Å²) >= 11 is 0.749. The van der Waals surface area contributed by atoms with E-state index < -0.39 is 11.1 Å². The minimum absolute atomic E-state index is 0. The Hall–Kier alpha value is -0.370. The van der Waals surface area contributed by atoms with Crippen molar-refractivity contribution in [3.05, 3.63) is 16.1 Å². The monoisotopic (exact) mass is 315 g/mol. The molecule has 0 aliphatic carbocycles. The molecule has 1 aliphatic heterocycles. The molecule has 0 bridgehead atoms.